The van der Waals surface area contributed by atoms with Crippen LogP contribution in [0.1, 0.15) is 12.5 Å². The highest BCUT2D eigenvalue weighted by atomic mass is 31.2. The number of aromatic amines is 1. The maximum absolute atomic E-state index is 15.1. The molecule has 9 N–H and O–H groups in total. The molecule has 2 aliphatic rings. The molecule has 6 rings (SSSR count). The molecule has 0 aliphatic carbocycles. The van der Waals surface area contributed by atoms with Crippen LogP contribution in [0.2, 0.25) is 0 Å². The summed E-state index contributed by atoms with van der Waals surface area (Å²) >= 11 is 0. The van der Waals surface area contributed by atoms with Crippen LogP contribution in [0.5, 0.6) is 0 Å². The van der Waals surface area contributed by atoms with Gasteiger partial charge in [-0.05, 0) is 0 Å². The first-order chi connectivity index (χ1) is 21.3. The molecular formula is C19H24FN11O12P2. The van der Waals surface area contributed by atoms with Gasteiger partial charge in [-0.15, -0.1) is 5.10 Å². The van der Waals surface area contributed by atoms with Gasteiger partial charge in [0.25, 0.3) is 5.56 Å². The number of nitrogens with two attached hydrogens (primary N) is 2. The van der Waals surface area contributed by atoms with E-state index in [0.29, 0.717) is 0 Å². The highest BCUT2D eigenvalue weighted by Gasteiger charge is 2.52. The fourth-order valence-electron chi connectivity index (χ4n) is 4.72. The smallest absolute Gasteiger partial charge is 0.387 e. The van der Waals surface area contributed by atoms with Crippen LogP contribution in [0, 0.1) is 0 Å². The molecule has 0 aromatic carbocycles. The van der Waals surface area contributed by atoms with Gasteiger partial charge in [0.15, 0.2) is 47.5 Å². The molecule has 244 valence electrons. The number of hydrogen-bond donors (Lipinski definition) is 7. The number of hydrogen-bond acceptors (Lipinski definition) is 18. The van der Waals surface area contributed by atoms with E-state index in [1.807, 2.05) is 0 Å². The van der Waals surface area contributed by atoms with Gasteiger partial charge in [-0.1, -0.05) is 5.21 Å². The van der Waals surface area contributed by atoms with Gasteiger partial charge in [-0.3, -0.25) is 28.0 Å². The number of halogens is 1. The molecule has 2 aliphatic heterocycles. The molecular weight excluding hydrogens is 655 g/mol. The third-order valence-corrected chi connectivity index (χ3v) is 8.15. The Morgan fingerprint density at radius 1 is 1.13 bits per heavy atom. The van der Waals surface area contributed by atoms with E-state index in [1.54, 1.807) is 0 Å². The fraction of sp³-hybridized carbons (Fsp3) is 0.526. The zero-order valence-electron chi connectivity index (χ0n) is 22.3. The lowest BCUT2D eigenvalue weighted by molar-refractivity contribution is -0.168. The minimum atomic E-state index is -5.23. The lowest BCUT2D eigenvalue weighted by Gasteiger charge is -2.24. The SMILES string of the molecule is Nc1nc2c(nnn2[C@@H]2O[C@H](OC[PH](=O)O)[C@H](O)[C@@H]2OP(=O)(O)OC[C@H]2O[C@@H](n3cnc4c(N)ncnc43)[C@@H](F)[C@H]2O)c(=O)[nH]1. The van der Waals surface area contributed by atoms with Crippen LogP contribution in [0.4, 0.5) is 16.2 Å². The Kier molecular flexibility index (Phi) is 8.38. The minimum Gasteiger partial charge on any atom is -0.387 e. The quantitative estimate of drug-likeness (QED) is 0.0836. The van der Waals surface area contributed by atoms with E-state index < -0.39 is 83.7 Å². The number of fused-ring (bicyclic) bond motifs is 2. The van der Waals surface area contributed by atoms with E-state index in [1.165, 1.54) is 6.33 Å². The van der Waals surface area contributed by atoms with Gasteiger partial charge in [0.1, 0.15) is 42.6 Å². The molecule has 4 aromatic rings. The number of aromatic nitrogens is 9. The van der Waals surface area contributed by atoms with Crippen molar-refractivity contribution in [3.63, 3.8) is 0 Å². The second-order valence-electron chi connectivity index (χ2n) is 9.67. The highest BCUT2D eigenvalue weighted by molar-refractivity contribution is 7.47. The Balaban J connectivity index is 1.20. The first-order valence-corrected chi connectivity index (χ1v) is 15.7. The molecule has 6 heterocycles. The zero-order chi connectivity index (χ0) is 32.2. The molecule has 26 heteroatoms. The van der Waals surface area contributed by atoms with E-state index in [0.717, 1.165) is 15.6 Å². The van der Waals surface area contributed by atoms with Crippen LogP contribution in [0.25, 0.3) is 22.3 Å². The number of phosphoric acid groups is 1. The summed E-state index contributed by atoms with van der Waals surface area (Å²) in [5.41, 5.74) is 10.2. The summed E-state index contributed by atoms with van der Waals surface area (Å²) in [7, 11) is -8.44. The predicted molar refractivity (Wildman–Crippen MR) is 143 cm³/mol. The Morgan fingerprint density at radius 2 is 1.91 bits per heavy atom. The number of aliphatic hydroxyl groups excluding tert-OH is 2. The van der Waals surface area contributed by atoms with Crippen LogP contribution in [0.3, 0.4) is 0 Å². The van der Waals surface area contributed by atoms with Gasteiger partial charge in [0.05, 0.1) is 12.9 Å². The van der Waals surface area contributed by atoms with Crippen molar-refractivity contribution in [2.75, 3.05) is 24.4 Å². The van der Waals surface area contributed by atoms with Crippen molar-refractivity contribution in [3.8, 4) is 0 Å². The van der Waals surface area contributed by atoms with Crippen LogP contribution in [-0.4, -0.2) is 114 Å². The number of nitrogens with one attached hydrogen (secondary N) is 1. The largest absolute Gasteiger partial charge is 0.472 e. The number of ether oxygens (including phenoxy) is 3. The van der Waals surface area contributed by atoms with E-state index in [-0.39, 0.29) is 34.1 Å². The lowest BCUT2D eigenvalue weighted by Crippen LogP contribution is -2.35. The average molecular weight is 679 g/mol. The van der Waals surface area contributed by atoms with Crippen LogP contribution in [0.15, 0.2) is 17.4 Å². The van der Waals surface area contributed by atoms with Crippen LogP contribution < -0.4 is 17.0 Å². The number of nitrogen functional groups attached to an aromatic ring is 2. The third kappa shape index (κ3) is 5.93. The predicted octanol–water partition coefficient (Wildman–Crippen LogP) is -2.73. The summed E-state index contributed by atoms with van der Waals surface area (Å²) < 4.78 is 67.6. The van der Waals surface area contributed by atoms with Gasteiger partial charge < -0.3 is 45.7 Å². The molecule has 10 atom stereocenters. The second-order valence-corrected chi connectivity index (χ2v) is 12.1. The first kappa shape index (κ1) is 31.4. The molecule has 2 saturated heterocycles. The van der Waals surface area contributed by atoms with E-state index in [4.69, 9.17) is 39.6 Å². The lowest BCUT2D eigenvalue weighted by atomic mass is 10.1. The molecule has 0 spiro atoms. The van der Waals surface area contributed by atoms with Gasteiger partial charge >= 0.3 is 7.82 Å². The van der Waals surface area contributed by atoms with Crippen LogP contribution in [-0.2, 0) is 32.4 Å². The topological polar surface area (TPSA) is 333 Å². The van der Waals surface area contributed by atoms with Crippen molar-refractivity contribution in [2.24, 2.45) is 0 Å². The monoisotopic (exact) mass is 679 g/mol. The summed E-state index contributed by atoms with van der Waals surface area (Å²) in [6, 6.07) is 0. The summed E-state index contributed by atoms with van der Waals surface area (Å²) in [5.74, 6) is -0.334. The number of H-pyrrole nitrogens is 1. The number of nitrogens with zero attached hydrogens (tertiary/aromatic N) is 8. The van der Waals surface area contributed by atoms with Gasteiger partial charge in [0, 0.05) is 0 Å². The maximum Gasteiger partial charge on any atom is 0.472 e. The first-order valence-electron chi connectivity index (χ1n) is 12.7. The number of rotatable bonds is 10. The Morgan fingerprint density at radius 3 is 2.67 bits per heavy atom. The van der Waals surface area contributed by atoms with Gasteiger partial charge in [0.2, 0.25) is 14.0 Å². The number of phosphoric ester groups is 1. The Bertz CT molecular complexity index is 1860. The summed E-state index contributed by atoms with van der Waals surface area (Å²) in [6.45, 7) is -0.893. The zero-order valence-corrected chi connectivity index (χ0v) is 24.2. The van der Waals surface area contributed by atoms with Crippen molar-refractivity contribution in [3.05, 3.63) is 23.0 Å². The van der Waals surface area contributed by atoms with E-state index in [9.17, 15) is 29.0 Å². The molecule has 0 amide bonds. The normalized spacial score (nSPS) is 30.7. The Hall–Kier alpha value is -3.54. The van der Waals surface area contributed by atoms with E-state index in [2.05, 4.69) is 35.2 Å². The molecule has 4 aromatic heterocycles. The molecule has 0 bridgehead atoms. The van der Waals surface area contributed by atoms with E-state index >= 15 is 4.39 Å². The summed E-state index contributed by atoms with van der Waals surface area (Å²) in [4.78, 5) is 49.8. The molecule has 0 radical (unpaired) electrons. The molecule has 0 saturated carbocycles. The van der Waals surface area contributed by atoms with Crippen molar-refractivity contribution in [1.82, 2.24) is 44.5 Å². The number of anilines is 2. The summed E-state index contributed by atoms with van der Waals surface area (Å²) in [5, 5.41) is 28.7. The van der Waals surface area contributed by atoms with Gasteiger partial charge in [-0.25, -0.2) is 23.9 Å². The number of imidazole rings is 1. The second kappa shape index (κ2) is 12.0. The standard InChI is InChI=1S/C19H24FN11O12P2/c20-6-9(32)5(41-16(6)30-3-25-7-12(21)23-2-24-13(7)30)1-40-45(37,38)43-11-10(33)18(39-4-44(35)36)42-17(11)31-14-8(28-29-31)15(34)27-19(22)26-14/h2-3,5-6,9-11,16-18,32-33,44H,1,4H2,(H,35,36)(H,37,38)(H2,21,23,24)(H3,22,26,27,34)/t5-,6+,9+,10-,11+,16-,17-,18+/m1/s1. The van der Waals surface area contributed by atoms with Crippen molar-refractivity contribution >= 4 is 49.9 Å². The average Bonchev–Trinajstić information content (AvgIpc) is 3.73. The number of aliphatic hydroxyl groups is 2. The maximum atomic E-state index is 15.1. The van der Waals surface area contributed by atoms with Crippen molar-refractivity contribution in [2.45, 2.75) is 49.3 Å². The third-order valence-electron chi connectivity index (χ3n) is 6.75. The van der Waals surface area contributed by atoms with Crippen LogP contribution >= 0.6 is 15.9 Å². The van der Waals surface area contributed by atoms with Crippen molar-refractivity contribution < 1.29 is 56.8 Å². The Labute approximate surface area is 248 Å². The summed E-state index contributed by atoms with van der Waals surface area (Å²) in [6.07, 6.45) is -12.6. The minimum absolute atomic E-state index is 0.0191. The highest BCUT2D eigenvalue weighted by Crippen LogP contribution is 2.50. The van der Waals surface area contributed by atoms with Crippen molar-refractivity contribution in [1.29, 1.82) is 0 Å². The molecule has 23 nitrogen and oxygen atoms in total. The van der Waals surface area contributed by atoms with Gasteiger partial charge in [-0.2, -0.15) is 9.67 Å². The number of alkyl halides is 1. The molecule has 2 fully saturated rings. The molecule has 2 unspecified atom stereocenters. The fourth-order valence-corrected chi connectivity index (χ4v) is 5.96. The molecule has 45 heavy (non-hydrogen) atoms.